The van der Waals surface area contributed by atoms with E-state index in [9.17, 15) is 9.59 Å². The van der Waals surface area contributed by atoms with Crippen molar-refractivity contribution in [2.24, 2.45) is 5.92 Å². The van der Waals surface area contributed by atoms with Crippen LogP contribution in [0.3, 0.4) is 0 Å². The maximum Gasteiger partial charge on any atom is 0.308 e. The van der Waals surface area contributed by atoms with Crippen LogP contribution in [0.1, 0.15) is 103 Å². The highest BCUT2D eigenvalue weighted by atomic mass is 16.5. The topological polar surface area (TPSA) is 52.6 Å². The standard InChI is InChI=1S/C21H40O4/c1-19(21(23)25-3)17-15-13-11-9-7-5-4-6-8-10-12-14-16-18-20(22)24-2/h19H,4-18H2,1-3H3. The molecule has 0 spiro atoms. The van der Waals surface area contributed by atoms with Crippen molar-refractivity contribution in [3.05, 3.63) is 0 Å². The summed E-state index contributed by atoms with van der Waals surface area (Å²) in [5, 5.41) is 0. The van der Waals surface area contributed by atoms with E-state index >= 15 is 0 Å². The van der Waals surface area contributed by atoms with E-state index in [0.717, 1.165) is 25.7 Å². The van der Waals surface area contributed by atoms with Crippen LogP contribution in [-0.4, -0.2) is 26.2 Å². The maximum atomic E-state index is 11.3. The second-order valence-electron chi connectivity index (χ2n) is 7.14. The van der Waals surface area contributed by atoms with Gasteiger partial charge in [-0.05, 0) is 12.8 Å². The molecule has 0 aromatic carbocycles. The molecular weight excluding hydrogens is 316 g/mol. The van der Waals surface area contributed by atoms with Gasteiger partial charge in [-0.25, -0.2) is 0 Å². The van der Waals surface area contributed by atoms with Crippen molar-refractivity contribution < 1.29 is 19.1 Å². The van der Waals surface area contributed by atoms with Gasteiger partial charge < -0.3 is 9.47 Å². The fourth-order valence-corrected chi connectivity index (χ4v) is 3.09. The van der Waals surface area contributed by atoms with E-state index in [1.165, 1.54) is 78.4 Å². The van der Waals surface area contributed by atoms with Crippen LogP contribution in [0.15, 0.2) is 0 Å². The van der Waals surface area contributed by atoms with Gasteiger partial charge in [0.1, 0.15) is 0 Å². The number of methoxy groups -OCH3 is 2. The predicted molar refractivity (Wildman–Crippen MR) is 102 cm³/mol. The van der Waals surface area contributed by atoms with E-state index in [0.29, 0.717) is 6.42 Å². The molecule has 4 heteroatoms. The number of hydrogen-bond acceptors (Lipinski definition) is 4. The lowest BCUT2D eigenvalue weighted by atomic mass is 10.0. The van der Waals surface area contributed by atoms with Gasteiger partial charge in [0.2, 0.25) is 0 Å². The number of carbonyl (C=O) groups excluding carboxylic acids is 2. The molecule has 0 fully saturated rings. The van der Waals surface area contributed by atoms with E-state index in [4.69, 9.17) is 4.74 Å². The first kappa shape index (κ1) is 23.9. The smallest absolute Gasteiger partial charge is 0.308 e. The Labute approximate surface area is 155 Å². The number of rotatable bonds is 17. The third-order valence-corrected chi connectivity index (χ3v) is 4.85. The normalized spacial score (nSPS) is 12.0. The van der Waals surface area contributed by atoms with Crippen LogP contribution in [-0.2, 0) is 19.1 Å². The molecule has 0 aliphatic heterocycles. The third-order valence-electron chi connectivity index (χ3n) is 4.85. The van der Waals surface area contributed by atoms with Crippen molar-refractivity contribution in [1.82, 2.24) is 0 Å². The van der Waals surface area contributed by atoms with Gasteiger partial charge in [0.25, 0.3) is 0 Å². The van der Waals surface area contributed by atoms with Crippen LogP contribution in [0.4, 0.5) is 0 Å². The Kier molecular flexibility index (Phi) is 17.0. The van der Waals surface area contributed by atoms with E-state index in [1.54, 1.807) is 0 Å². The highest BCUT2D eigenvalue weighted by Gasteiger charge is 2.11. The Bertz CT molecular complexity index is 328. The minimum absolute atomic E-state index is 0.0467. The molecule has 0 radical (unpaired) electrons. The van der Waals surface area contributed by atoms with Gasteiger partial charge in [-0.1, -0.05) is 84.0 Å². The average molecular weight is 357 g/mol. The Morgan fingerprint density at radius 1 is 0.640 bits per heavy atom. The molecule has 0 bridgehead atoms. The zero-order valence-corrected chi connectivity index (χ0v) is 16.8. The lowest BCUT2D eigenvalue weighted by molar-refractivity contribution is -0.145. The van der Waals surface area contributed by atoms with E-state index in [1.807, 2.05) is 6.92 Å². The number of carbonyl (C=O) groups is 2. The first-order valence-electron chi connectivity index (χ1n) is 10.3. The molecule has 0 rings (SSSR count). The molecule has 25 heavy (non-hydrogen) atoms. The molecule has 1 unspecified atom stereocenters. The van der Waals surface area contributed by atoms with E-state index in [-0.39, 0.29) is 17.9 Å². The van der Waals surface area contributed by atoms with Gasteiger partial charge in [0, 0.05) is 6.42 Å². The van der Waals surface area contributed by atoms with Gasteiger partial charge in [-0.15, -0.1) is 0 Å². The lowest BCUT2D eigenvalue weighted by Crippen LogP contribution is -2.12. The van der Waals surface area contributed by atoms with Crippen molar-refractivity contribution in [1.29, 1.82) is 0 Å². The monoisotopic (exact) mass is 356 g/mol. The molecule has 0 amide bonds. The SMILES string of the molecule is COC(=O)CCCCCCCCCCCCCCCC(C)C(=O)OC. The van der Waals surface area contributed by atoms with Crippen LogP contribution in [0.2, 0.25) is 0 Å². The molecule has 0 aromatic heterocycles. The van der Waals surface area contributed by atoms with Gasteiger partial charge in [-0.3, -0.25) is 9.59 Å². The fraction of sp³-hybridized carbons (Fsp3) is 0.905. The van der Waals surface area contributed by atoms with Gasteiger partial charge >= 0.3 is 11.9 Å². The van der Waals surface area contributed by atoms with Gasteiger partial charge in [-0.2, -0.15) is 0 Å². The van der Waals surface area contributed by atoms with Crippen molar-refractivity contribution in [2.45, 2.75) is 103 Å². The van der Waals surface area contributed by atoms with E-state index < -0.39 is 0 Å². The Morgan fingerprint density at radius 3 is 1.44 bits per heavy atom. The highest BCUT2D eigenvalue weighted by molar-refractivity contribution is 5.71. The zero-order valence-electron chi connectivity index (χ0n) is 16.8. The maximum absolute atomic E-state index is 11.3. The third kappa shape index (κ3) is 16.2. The molecule has 0 aliphatic rings. The molecule has 0 heterocycles. The average Bonchev–Trinajstić information content (AvgIpc) is 2.63. The van der Waals surface area contributed by atoms with Crippen LogP contribution in [0, 0.1) is 5.92 Å². The molecule has 4 nitrogen and oxygen atoms in total. The number of ether oxygens (including phenoxy) is 2. The molecule has 0 aliphatic carbocycles. The summed E-state index contributed by atoms with van der Waals surface area (Å²) >= 11 is 0. The summed E-state index contributed by atoms with van der Waals surface area (Å²) in [5.41, 5.74) is 0. The molecule has 1 atom stereocenters. The first-order valence-corrected chi connectivity index (χ1v) is 10.3. The summed E-state index contributed by atoms with van der Waals surface area (Å²) in [5.74, 6) is -0.119. The lowest BCUT2D eigenvalue weighted by Gasteiger charge is -2.08. The van der Waals surface area contributed by atoms with Crippen molar-refractivity contribution in [2.75, 3.05) is 14.2 Å². The Hall–Kier alpha value is -1.06. The highest BCUT2D eigenvalue weighted by Crippen LogP contribution is 2.15. The van der Waals surface area contributed by atoms with Crippen molar-refractivity contribution >= 4 is 11.9 Å². The quantitative estimate of drug-likeness (QED) is 0.243. The van der Waals surface area contributed by atoms with Crippen molar-refractivity contribution in [3.8, 4) is 0 Å². The molecule has 0 saturated carbocycles. The minimum Gasteiger partial charge on any atom is -0.469 e. The Balaban J connectivity index is 3.14. The molecule has 0 aromatic rings. The van der Waals surface area contributed by atoms with Crippen LogP contribution in [0.5, 0.6) is 0 Å². The largest absolute Gasteiger partial charge is 0.469 e. The van der Waals surface area contributed by atoms with Crippen molar-refractivity contribution in [3.63, 3.8) is 0 Å². The molecule has 0 saturated heterocycles. The summed E-state index contributed by atoms with van der Waals surface area (Å²) in [6.07, 6.45) is 17.8. The van der Waals surface area contributed by atoms with Gasteiger partial charge in [0.15, 0.2) is 0 Å². The molecule has 148 valence electrons. The van der Waals surface area contributed by atoms with Crippen LogP contribution >= 0.6 is 0 Å². The summed E-state index contributed by atoms with van der Waals surface area (Å²) < 4.78 is 9.37. The van der Waals surface area contributed by atoms with Crippen LogP contribution in [0.25, 0.3) is 0 Å². The number of esters is 2. The predicted octanol–water partition coefficient (Wildman–Crippen LogP) is 5.82. The molecule has 0 N–H and O–H groups in total. The molecular formula is C21H40O4. The van der Waals surface area contributed by atoms with E-state index in [2.05, 4.69) is 4.74 Å². The summed E-state index contributed by atoms with van der Waals surface area (Å²) in [4.78, 5) is 22.2. The van der Waals surface area contributed by atoms with Gasteiger partial charge in [0.05, 0.1) is 20.1 Å². The first-order chi connectivity index (χ1) is 12.1. The zero-order chi connectivity index (χ0) is 18.8. The second kappa shape index (κ2) is 17.8. The minimum atomic E-state index is -0.0852. The fourth-order valence-electron chi connectivity index (χ4n) is 3.09. The van der Waals surface area contributed by atoms with Crippen LogP contribution < -0.4 is 0 Å². The summed E-state index contributed by atoms with van der Waals surface area (Å²) in [7, 11) is 2.91. The number of unbranched alkanes of at least 4 members (excludes halogenated alkanes) is 12. The summed E-state index contributed by atoms with van der Waals surface area (Å²) in [6, 6.07) is 0. The number of hydrogen-bond donors (Lipinski definition) is 0. The summed E-state index contributed by atoms with van der Waals surface area (Å²) in [6.45, 7) is 1.95. The Morgan fingerprint density at radius 2 is 1.04 bits per heavy atom. The second-order valence-corrected chi connectivity index (χ2v) is 7.14.